The summed E-state index contributed by atoms with van der Waals surface area (Å²) in [5.74, 6) is 2.69. The van der Waals surface area contributed by atoms with E-state index in [1.165, 1.54) is 35.6 Å². The molecule has 0 unspecified atom stereocenters. The third kappa shape index (κ3) is 5.17. The number of carbonyl (C=O) groups is 1. The highest BCUT2D eigenvalue weighted by atomic mass is 32.2. The zero-order chi connectivity index (χ0) is 18.4. The predicted octanol–water partition coefficient (Wildman–Crippen LogP) is 4.85. The summed E-state index contributed by atoms with van der Waals surface area (Å²) in [5.41, 5.74) is 1.96. The molecule has 26 heavy (non-hydrogen) atoms. The van der Waals surface area contributed by atoms with Crippen LogP contribution in [0.15, 0.2) is 48.5 Å². The van der Waals surface area contributed by atoms with Gasteiger partial charge in [-0.1, -0.05) is 12.1 Å². The van der Waals surface area contributed by atoms with E-state index in [2.05, 4.69) is 12.1 Å². The number of halogens is 1. The van der Waals surface area contributed by atoms with E-state index in [4.69, 9.17) is 4.74 Å². The fraction of sp³-hybridized carbons (Fsp3) is 0.350. The SMILES string of the molecule is CN(CCOc1ccc(F)cc1)C(=O)c1ccc(C2SCCCS2)cc1. The van der Waals surface area contributed by atoms with Crippen LogP contribution >= 0.6 is 23.5 Å². The number of nitrogens with zero attached hydrogens (tertiary/aromatic N) is 1. The van der Waals surface area contributed by atoms with Gasteiger partial charge in [0.25, 0.3) is 5.91 Å². The zero-order valence-electron chi connectivity index (χ0n) is 14.7. The smallest absolute Gasteiger partial charge is 0.253 e. The van der Waals surface area contributed by atoms with E-state index in [1.807, 2.05) is 35.7 Å². The van der Waals surface area contributed by atoms with Crippen LogP contribution in [0.2, 0.25) is 0 Å². The van der Waals surface area contributed by atoms with Crippen molar-refractivity contribution in [1.82, 2.24) is 4.90 Å². The van der Waals surface area contributed by atoms with Crippen LogP contribution in [0, 0.1) is 5.82 Å². The van der Waals surface area contributed by atoms with Gasteiger partial charge in [-0.2, -0.15) is 0 Å². The number of hydrogen-bond donors (Lipinski definition) is 0. The van der Waals surface area contributed by atoms with Crippen LogP contribution in [0.1, 0.15) is 26.9 Å². The summed E-state index contributed by atoms with van der Waals surface area (Å²) in [6, 6.07) is 13.8. The van der Waals surface area contributed by atoms with Crippen LogP contribution in [-0.4, -0.2) is 42.5 Å². The van der Waals surface area contributed by atoms with Crippen LogP contribution in [-0.2, 0) is 0 Å². The van der Waals surface area contributed by atoms with E-state index in [0.717, 1.165) is 0 Å². The van der Waals surface area contributed by atoms with Gasteiger partial charge < -0.3 is 9.64 Å². The number of rotatable bonds is 6. The minimum atomic E-state index is -0.293. The molecule has 0 aliphatic carbocycles. The number of ether oxygens (including phenoxy) is 1. The minimum Gasteiger partial charge on any atom is -0.492 e. The number of hydrogen-bond acceptors (Lipinski definition) is 4. The maximum atomic E-state index is 12.9. The molecule has 138 valence electrons. The molecule has 3 nitrogen and oxygen atoms in total. The maximum absolute atomic E-state index is 12.9. The Kier molecular flexibility index (Phi) is 6.86. The van der Waals surface area contributed by atoms with Gasteiger partial charge in [0.15, 0.2) is 0 Å². The quantitative estimate of drug-likeness (QED) is 0.704. The van der Waals surface area contributed by atoms with Crippen LogP contribution in [0.3, 0.4) is 0 Å². The first-order valence-corrected chi connectivity index (χ1v) is 10.7. The first-order valence-electron chi connectivity index (χ1n) is 8.60. The van der Waals surface area contributed by atoms with Crippen molar-refractivity contribution in [3.63, 3.8) is 0 Å². The highest BCUT2D eigenvalue weighted by molar-refractivity contribution is 8.16. The third-order valence-corrected chi connectivity index (χ3v) is 7.13. The van der Waals surface area contributed by atoms with Crippen LogP contribution < -0.4 is 4.74 Å². The molecule has 1 saturated heterocycles. The average molecular weight is 392 g/mol. The van der Waals surface area contributed by atoms with E-state index < -0.39 is 0 Å². The fourth-order valence-electron chi connectivity index (χ4n) is 2.62. The normalized spacial score (nSPS) is 14.8. The Morgan fingerprint density at radius 3 is 2.42 bits per heavy atom. The fourth-order valence-corrected chi connectivity index (χ4v) is 5.51. The molecule has 2 aromatic rings. The lowest BCUT2D eigenvalue weighted by Gasteiger charge is -2.22. The maximum Gasteiger partial charge on any atom is 0.253 e. The Balaban J connectivity index is 1.50. The van der Waals surface area contributed by atoms with Crippen molar-refractivity contribution in [3.8, 4) is 5.75 Å². The largest absolute Gasteiger partial charge is 0.492 e. The molecular weight excluding hydrogens is 369 g/mol. The second kappa shape index (κ2) is 9.33. The molecule has 0 saturated carbocycles. The van der Waals surface area contributed by atoms with Gasteiger partial charge in [0.05, 0.1) is 11.1 Å². The van der Waals surface area contributed by atoms with Gasteiger partial charge in [-0.05, 0) is 59.9 Å². The van der Waals surface area contributed by atoms with E-state index in [9.17, 15) is 9.18 Å². The Morgan fingerprint density at radius 2 is 1.77 bits per heavy atom. The first kappa shape index (κ1) is 19.1. The van der Waals surface area contributed by atoms with Crippen LogP contribution in [0.5, 0.6) is 5.75 Å². The number of amides is 1. The van der Waals surface area contributed by atoms with Crippen molar-refractivity contribution >= 4 is 29.4 Å². The lowest BCUT2D eigenvalue weighted by Crippen LogP contribution is -2.30. The average Bonchev–Trinajstić information content (AvgIpc) is 2.69. The molecule has 1 fully saturated rings. The van der Waals surface area contributed by atoms with Crippen molar-refractivity contribution in [1.29, 1.82) is 0 Å². The van der Waals surface area contributed by atoms with Gasteiger partial charge in [-0.3, -0.25) is 4.79 Å². The summed E-state index contributed by atoms with van der Waals surface area (Å²) < 4.78 is 18.9. The highest BCUT2D eigenvalue weighted by Gasteiger charge is 2.17. The van der Waals surface area contributed by atoms with E-state index in [1.54, 1.807) is 24.1 Å². The Bertz CT molecular complexity index is 716. The van der Waals surface area contributed by atoms with Crippen molar-refractivity contribution in [3.05, 3.63) is 65.5 Å². The van der Waals surface area contributed by atoms with Crippen molar-refractivity contribution in [2.75, 3.05) is 31.7 Å². The second-order valence-corrected chi connectivity index (χ2v) is 8.80. The molecule has 0 atom stereocenters. The molecule has 0 aromatic heterocycles. The van der Waals surface area contributed by atoms with Gasteiger partial charge in [-0.15, -0.1) is 23.5 Å². The van der Waals surface area contributed by atoms with Gasteiger partial charge in [-0.25, -0.2) is 4.39 Å². The zero-order valence-corrected chi connectivity index (χ0v) is 16.3. The molecule has 1 aliphatic heterocycles. The van der Waals surface area contributed by atoms with E-state index in [0.29, 0.717) is 29.0 Å². The highest BCUT2D eigenvalue weighted by Crippen LogP contribution is 2.43. The number of benzene rings is 2. The van der Waals surface area contributed by atoms with Gasteiger partial charge >= 0.3 is 0 Å². The summed E-state index contributed by atoms with van der Waals surface area (Å²) in [4.78, 5) is 14.2. The molecule has 3 rings (SSSR count). The van der Waals surface area contributed by atoms with Gasteiger partial charge in [0.2, 0.25) is 0 Å². The molecule has 2 aromatic carbocycles. The van der Waals surface area contributed by atoms with Gasteiger partial charge in [0.1, 0.15) is 18.2 Å². The molecule has 0 spiro atoms. The monoisotopic (exact) mass is 391 g/mol. The summed E-state index contributed by atoms with van der Waals surface area (Å²) in [6.07, 6.45) is 1.27. The Labute approximate surface area is 162 Å². The van der Waals surface area contributed by atoms with E-state index >= 15 is 0 Å². The molecular formula is C20H22FNO2S2. The summed E-state index contributed by atoms with van der Waals surface area (Å²) >= 11 is 3.95. The minimum absolute atomic E-state index is 0.0248. The standard InChI is InChI=1S/C20H22FNO2S2/c1-22(11-12-24-18-9-7-17(21)8-10-18)19(23)15-3-5-16(6-4-15)20-25-13-2-14-26-20/h3-10,20H,2,11-14H2,1H3. The lowest BCUT2D eigenvalue weighted by atomic mass is 10.1. The Morgan fingerprint density at radius 1 is 1.12 bits per heavy atom. The van der Waals surface area contributed by atoms with Crippen molar-refractivity contribution in [2.45, 2.75) is 11.0 Å². The third-order valence-electron chi connectivity index (χ3n) is 4.11. The predicted molar refractivity (Wildman–Crippen MR) is 108 cm³/mol. The van der Waals surface area contributed by atoms with Crippen LogP contribution in [0.4, 0.5) is 4.39 Å². The molecule has 0 radical (unpaired) electrons. The molecule has 1 aliphatic rings. The Hall–Kier alpha value is -1.66. The first-order chi connectivity index (χ1) is 12.6. The molecule has 1 amide bonds. The van der Waals surface area contributed by atoms with E-state index in [-0.39, 0.29) is 11.7 Å². The van der Waals surface area contributed by atoms with Crippen LogP contribution in [0.25, 0.3) is 0 Å². The second-order valence-electron chi connectivity index (χ2n) is 6.08. The molecule has 1 heterocycles. The number of carbonyl (C=O) groups excluding carboxylic acids is 1. The van der Waals surface area contributed by atoms with Crippen molar-refractivity contribution in [2.24, 2.45) is 0 Å². The summed E-state index contributed by atoms with van der Waals surface area (Å²) in [5, 5.41) is 0. The van der Waals surface area contributed by atoms with Gasteiger partial charge in [0, 0.05) is 12.6 Å². The molecule has 0 bridgehead atoms. The molecule has 6 heteroatoms. The lowest BCUT2D eigenvalue weighted by molar-refractivity contribution is 0.0774. The molecule has 0 N–H and O–H groups in total. The summed E-state index contributed by atoms with van der Waals surface area (Å²) in [6.45, 7) is 0.827. The number of likely N-dealkylation sites (N-methyl/N-ethyl adjacent to an activating group) is 1. The topological polar surface area (TPSA) is 29.5 Å². The van der Waals surface area contributed by atoms with Crippen molar-refractivity contribution < 1.29 is 13.9 Å². The number of thioether (sulfide) groups is 2. The summed E-state index contributed by atoms with van der Waals surface area (Å²) in [7, 11) is 1.76.